The fraction of sp³-hybridized carbons (Fsp3) is 0.490. The molecule has 0 unspecified atom stereocenters. The van der Waals surface area contributed by atoms with E-state index in [1.54, 1.807) is 0 Å². The van der Waals surface area contributed by atoms with Crippen molar-refractivity contribution in [2.75, 3.05) is 0 Å². The van der Waals surface area contributed by atoms with Gasteiger partial charge in [0.15, 0.2) is 0 Å². The Balaban J connectivity index is 0.00000306. The summed E-state index contributed by atoms with van der Waals surface area (Å²) in [7, 11) is 0. The molecule has 2 aromatic carbocycles. The average Bonchev–Trinajstić information content (AvgIpc) is 3.47. The minimum Gasteiger partial charge on any atom is -0.493 e. The summed E-state index contributed by atoms with van der Waals surface area (Å²) in [5.41, 5.74) is 22.3. The average molecular weight is 806 g/mol. The minimum atomic E-state index is 0. The molecule has 0 aliphatic carbocycles. The maximum atomic E-state index is 12.6. The molecular weight excluding hydrogens is 731 g/mol. The maximum Gasteiger partial charge on any atom is 2.00 e. The van der Waals surface area contributed by atoms with Crippen LogP contribution < -0.4 is 0 Å². The summed E-state index contributed by atoms with van der Waals surface area (Å²) in [5.74, 6) is 0.392. The minimum absolute atomic E-state index is 0. The second-order valence-corrected chi connectivity index (χ2v) is 14.4. The maximum absolute atomic E-state index is 12.6. The molecule has 0 amide bonds. The van der Waals surface area contributed by atoms with Gasteiger partial charge in [0.05, 0.1) is 11.1 Å². The quantitative estimate of drug-likeness (QED) is 0.0349. The number of carbonyl (C=O) groups excluding carboxylic acids is 2. The third kappa shape index (κ3) is 17.8. The van der Waals surface area contributed by atoms with Crippen LogP contribution in [0.15, 0.2) is 85.0 Å². The second-order valence-electron chi connectivity index (χ2n) is 14.4. The summed E-state index contributed by atoms with van der Waals surface area (Å²) in [6.45, 7) is 27.6. The molecule has 310 valence electrons. The Bertz CT molecular complexity index is 1600. The van der Waals surface area contributed by atoms with Crippen LogP contribution in [0.4, 0.5) is 0 Å². The number of ketones is 2. The zero-order chi connectivity index (χ0) is 41.0. The van der Waals surface area contributed by atoms with E-state index in [4.69, 9.17) is 0 Å². The molecule has 0 saturated carbocycles. The fourth-order valence-corrected chi connectivity index (χ4v) is 6.25. The molecule has 0 N–H and O–H groups in total. The third-order valence-electron chi connectivity index (χ3n) is 9.70. The van der Waals surface area contributed by atoms with E-state index in [2.05, 4.69) is 103 Å². The van der Waals surface area contributed by atoms with Gasteiger partial charge in [0.1, 0.15) is 11.6 Å². The number of carbonyl (C=O) groups is 2. The molecule has 0 radical (unpaired) electrons. The first-order valence-electron chi connectivity index (χ1n) is 21.4. The summed E-state index contributed by atoms with van der Waals surface area (Å²) in [4.78, 5) is 25.1. The number of allylic oxidation sites excluding steroid dienone is 6. The normalized spacial score (nSPS) is 12.2. The van der Waals surface area contributed by atoms with Gasteiger partial charge in [-0.15, -0.1) is 13.2 Å². The Morgan fingerprint density at radius 1 is 0.661 bits per heavy atom. The van der Waals surface area contributed by atoms with E-state index in [9.17, 15) is 15.1 Å². The molecule has 56 heavy (non-hydrogen) atoms. The summed E-state index contributed by atoms with van der Waals surface area (Å²) < 4.78 is 1.43. The molecule has 0 fully saturated rings. The SMILES string of the molecule is C=CCCc1ccc(CC(=O)CC)cc1C1=C(C=CCCC)C(CCCCCC)=C(c2cc(CC(=O)CC)ccc2CCC=C)[N+]1=[N-].[CH2-]CCC.[CH2-]CCC.[Ni+2]. The number of hydrogen-bond acceptors (Lipinski definition) is 2. The van der Waals surface area contributed by atoms with Crippen LogP contribution in [-0.2, 0) is 51.8 Å². The van der Waals surface area contributed by atoms with Gasteiger partial charge in [0.25, 0.3) is 0 Å². The first-order valence-corrected chi connectivity index (χ1v) is 21.4. The number of Topliss-reactive ketones (excluding diaryl/α,β-unsaturated/α-hetero) is 2. The van der Waals surface area contributed by atoms with Gasteiger partial charge in [-0.05, 0) is 79.3 Å². The topological polar surface area (TPSA) is 59.5 Å². The molecular formula is C51H74N2NiO2. The second kappa shape index (κ2) is 31.6. The zero-order valence-corrected chi connectivity index (χ0v) is 37.1. The standard InChI is InChI=1S/C43H56N2O2.2C4H9.Ni/c1-7-13-17-19-23-39-38(22-18-14-8-2)42(40-30-32(28-36(46)11-5)24-26-34(40)20-15-9-3)45(44)43(39)41-31-33(29-37(47)12-6)25-27-35(41)21-16-10-4;2*1-3-4-2;/h9-10,18,22,24-27,30-31H,3-4,7-8,11-17,19-21,23,28-29H2,1-2,5-6H3;2*1,3-4H2,2H3;/q;2*-1;+2. The zero-order valence-electron chi connectivity index (χ0n) is 36.1. The van der Waals surface area contributed by atoms with Crippen molar-refractivity contribution < 1.29 is 30.8 Å². The number of aryl methyl sites for hydroxylation is 2. The monoisotopic (exact) mass is 805 g/mol. The van der Waals surface area contributed by atoms with E-state index in [0.717, 1.165) is 133 Å². The van der Waals surface area contributed by atoms with E-state index in [-0.39, 0.29) is 28.1 Å². The van der Waals surface area contributed by atoms with Crippen molar-refractivity contribution >= 4 is 23.0 Å². The number of unbranched alkanes of at least 4 members (excludes halogenated alkanes) is 6. The van der Waals surface area contributed by atoms with Gasteiger partial charge < -0.3 is 19.4 Å². The molecule has 0 aromatic heterocycles. The van der Waals surface area contributed by atoms with Crippen molar-refractivity contribution in [3.8, 4) is 0 Å². The summed E-state index contributed by atoms with van der Waals surface area (Å²) in [6.07, 6.45) is 25.0. The Kier molecular flexibility index (Phi) is 29.7. The molecule has 5 heteroatoms. The van der Waals surface area contributed by atoms with Crippen LogP contribution in [0, 0.1) is 13.8 Å². The Morgan fingerprint density at radius 2 is 1.14 bits per heavy atom. The molecule has 2 aromatic rings. The van der Waals surface area contributed by atoms with Crippen LogP contribution >= 0.6 is 0 Å². The van der Waals surface area contributed by atoms with Crippen LogP contribution in [0.25, 0.3) is 16.9 Å². The molecule has 1 aliphatic rings. The number of nitrogens with zero attached hydrogens (tertiary/aromatic N) is 2. The number of benzene rings is 2. The summed E-state index contributed by atoms with van der Waals surface area (Å²) in [5, 5.41) is 0. The Morgan fingerprint density at radius 3 is 1.55 bits per heavy atom. The van der Waals surface area contributed by atoms with Gasteiger partial charge in [0, 0.05) is 36.8 Å². The molecule has 0 spiro atoms. The van der Waals surface area contributed by atoms with E-state index in [1.807, 2.05) is 26.0 Å². The molecule has 0 atom stereocenters. The van der Waals surface area contributed by atoms with Gasteiger partial charge in [0.2, 0.25) is 11.4 Å². The summed E-state index contributed by atoms with van der Waals surface area (Å²) >= 11 is 0. The molecule has 4 nitrogen and oxygen atoms in total. The first-order chi connectivity index (χ1) is 26.7. The third-order valence-corrected chi connectivity index (χ3v) is 9.70. The van der Waals surface area contributed by atoms with Crippen LogP contribution in [0.5, 0.6) is 0 Å². The Hall–Kier alpha value is -3.43. The summed E-state index contributed by atoms with van der Waals surface area (Å²) in [6, 6.07) is 12.6. The van der Waals surface area contributed by atoms with Crippen molar-refractivity contribution in [3.63, 3.8) is 0 Å². The van der Waals surface area contributed by atoms with E-state index >= 15 is 0 Å². The van der Waals surface area contributed by atoms with Crippen molar-refractivity contribution in [2.24, 2.45) is 0 Å². The molecule has 3 rings (SSSR count). The molecule has 0 saturated heterocycles. The van der Waals surface area contributed by atoms with Crippen molar-refractivity contribution in [1.29, 1.82) is 0 Å². The predicted octanol–water partition coefficient (Wildman–Crippen LogP) is 14.7. The van der Waals surface area contributed by atoms with Crippen molar-refractivity contribution in [3.05, 3.63) is 138 Å². The van der Waals surface area contributed by atoms with Crippen LogP contribution in [-0.4, -0.2) is 16.3 Å². The van der Waals surface area contributed by atoms with Crippen LogP contribution in [0.1, 0.15) is 171 Å². The Labute approximate surface area is 353 Å². The van der Waals surface area contributed by atoms with Gasteiger partial charge in [-0.1, -0.05) is 129 Å². The largest absolute Gasteiger partial charge is 2.00 e. The van der Waals surface area contributed by atoms with Crippen LogP contribution in [0.3, 0.4) is 0 Å². The molecule has 0 bridgehead atoms. The van der Waals surface area contributed by atoms with Gasteiger partial charge in [-0.2, -0.15) is 12.8 Å². The van der Waals surface area contributed by atoms with E-state index in [1.165, 1.54) is 24.0 Å². The fourth-order valence-electron chi connectivity index (χ4n) is 6.25. The molecule has 1 heterocycles. The molecule has 1 aliphatic heterocycles. The first kappa shape index (κ1) is 52.6. The predicted molar refractivity (Wildman–Crippen MR) is 239 cm³/mol. The van der Waals surface area contributed by atoms with Crippen molar-refractivity contribution in [2.45, 2.75) is 164 Å². The smallest absolute Gasteiger partial charge is 0.493 e. The number of rotatable bonds is 24. The van der Waals surface area contributed by atoms with Crippen LogP contribution in [0.2, 0.25) is 0 Å². The van der Waals surface area contributed by atoms with E-state index in [0.29, 0.717) is 25.7 Å². The van der Waals surface area contributed by atoms with Gasteiger partial charge >= 0.3 is 16.5 Å². The van der Waals surface area contributed by atoms with Gasteiger partial charge in [-0.3, -0.25) is 9.59 Å². The number of hydrogen-bond donors (Lipinski definition) is 0. The van der Waals surface area contributed by atoms with Gasteiger partial charge in [-0.25, -0.2) is 4.70 Å². The van der Waals surface area contributed by atoms with E-state index < -0.39 is 0 Å². The van der Waals surface area contributed by atoms with Crippen molar-refractivity contribution in [1.82, 2.24) is 0 Å².